The molecule has 0 bridgehead atoms. The predicted octanol–water partition coefficient (Wildman–Crippen LogP) is 3.00. The van der Waals surface area contributed by atoms with E-state index in [4.69, 9.17) is 0 Å². The van der Waals surface area contributed by atoms with Gasteiger partial charge in [0.1, 0.15) is 0 Å². The van der Waals surface area contributed by atoms with Crippen molar-refractivity contribution < 1.29 is 9.72 Å². The predicted molar refractivity (Wildman–Crippen MR) is 94.2 cm³/mol. The highest BCUT2D eigenvalue weighted by atomic mass is 16.6. The molecule has 1 aliphatic rings. The van der Waals surface area contributed by atoms with Gasteiger partial charge in [0, 0.05) is 36.8 Å². The summed E-state index contributed by atoms with van der Waals surface area (Å²) in [4.78, 5) is 25.2. The normalized spacial score (nSPS) is 21.5. The molecule has 2 rings (SSSR count). The molecule has 0 unspecified atom stereocenters. The number of benzene rings is 1. The van der Waals surface area contributed by atoms with Gasteiger partial charge in [-0.25, -0.2) is 0 Å². The summed E-state index contributed by atoms with van der Waals surface area (Å²) in [5, 5.41) is 13.8. The molecular weight excluding hydrogens is 306 g/mol. The Labute approximate surface area is 143 Å². The molecule has 24 heavy (non-hydrogen) atoms. The van der Waals surface area contributed by atoms with E-state index in [1.165, 1.54) is 12.5 Å². The first-order chi connectivity index (χ1) is 11.4. The van der Waals surface area contributed by atoms with Gasteiger partial charge in [0.15, 0.2) is 0 Å². The van der Waals surface area contributed by atoms with Gasteiger partial charge < -0.3 is 10.2 Å². The second-order valence-corrected chi connectivity index (χ2v) is 7.02. The third kappa shape index (κ3) is 4.77. The third-order valence-corrected chi connectivity index (χ3v) is 4.63. The molecule has 0 aromatic heterocycles. The van der Waals surface area contributed by atoms with Crippen LogP contribution in [-0.2, 0) is 0 Å². The monoisotopic (exact) mass is 333 g/mol. The summed E-state index contributed by atoms with van der Waals surface area (Å²) in [6, 6.07) is 4.60. The Morgan fingerprint density at radius 3 is 2.62 bits per heavy atom. The Kier molecular flexibility index (Phi) is 6.31. The number of nitro benzene ring substituents is 1. The van der Waals surface area contributed by atoms with Crippen LogP contribution >= 0.6 is 0 Å². The van der Waals surface area contributed by atoms with Crippen LogP contribution in [0.25, 0.3) is 0 Å². The fourth-order valence-corrected chi connectivity index (χ4v) is 3.64. The zero-order valence-electron chi connectivity index (χ0n) is 14.7. The Bertz CT molecular complexity index is 593. The molecule has 1 amide bonds. The maximum atomic E-state index is 12.2. The van der Waals surface area contributed by atoms with Crippen molar-refractivity contribution in [2.24, 2.45) is 11.8 Å². The largest absolute Gasteiger partial charge is 0.352 e. The number of rotatable bonds is 6. The fourth-order valence-electron chi connectivity index (χ4n) is 3.64. The van der Waals surface area contributed by atoms with Gasteiger partial charge >= 0.3 is 0 Å². The minimum atomic E-state index is -0.454. The summed E-state index contributed by atoms with van der Waals surface area (Å²) >= 11 is 0. The van der Waals surface area contributed by atoms with E-state index < -0.39 is 4.92 Å². The molecule has 6 heteroatoms. The van der Waals surface area contributed by atoms with Crippen LogP contribution < -0.4 is 5.32 Å². The Hall–Kier alpha value is -1.95. The number of carbonyl (C=O) groups is 1. The summed E-state index contributed by atoms with van der Waals surface area (Å²) in [5.41, 5.74) is 0.780. The highest BCUT2D eigenvalue weighted by molar-refractivity contribution is 5.96. The lowest BCUT2D eigenvalue weighted by Crippen LogP contribution is -2.40. The Morgan fingerprint density at radius 1 is 1.33 bits per heavy atom. The fraction of sp³-hybridized carbons (Fsp3) is 0.611. The smallest absolute Gasteiger partial charge is 0.273 e. The molecule has 1 fully saturated rings. The van der Waals surface area contributed by atoms with Gasteiger partial charge in [0.05, 0.1) is 4.92 Å². The molecule has 1 saturated heterocycles. The van der Waals surface area contributed by atoms with Crippen molar-refractivity contribution in [1.82, 2.24) is 10.2 Å². The van der Waals surface area contributed by atoms with Crippen LogP contribution in [0.5, 0.6) is 0 Å². The summed E-state index contributed by atoms with van der Waals surface area (Å²) in [5.74, 6) is 1.23. The van der Waals surface area contributed by atoms with Crippen molar-refractivity contribution in [3.05, 3.63) is 39.4 Å². The van der Waals surface area contributed by atoms with Gasteiger partial charge in [0.25, 0.3) is 11.6 Å². The van der Waals surface area contributed by atoms with Crippen molar-refractivity contribution >= 4 is 11.6 Å². The van der Waals surface area contributed by atoms with E-state index in [0.29, 0.717) is 17.7 Å². The molecule has 1 N–H and O–H groups in total. The minimum absolute atomic E-state index is 0.0149. The number of nitrogens with zero attached hydrogens (tertiary/aromatic N) is 2. The van der Waals surface area contributed by atoms with E-state index in [1.54, 1.807) is 19.1 Å². The maximum Gasteiger partial charge on any atom is 0.273 e. The quantitative estimate of drug-likeness (QED) is 0.493. The van der Waals surface area contributed by atoms with Gasteiger partial charge in [0.2, 0.25) is 0 Å². The molecule has 1 aliphatic heterocycles. The second-order valence-electron chi connectivity index (χ2n) is 7.02. The summed E-state index contributed by atoms with van der Waals surface area (Å²) in [6.07, 6.45) is 2.18. The highest BCUT2D eigenvalue weighted by Gasteiger charge is 2.21. The van der Waals surface area contributed by atoms with Crippen LogP contribution in [0.3, 0.4) is 0 Å². The molecule has 2 atom stereocenters. The number of piperidine rings is 1. The lowest BCUT2D eigenvalue weighted by molar-refractivity contribution is -0.385. The minimum Gasteiger partial charge on any atom is -0.352 e. The number of amides is 1. The number of likely N-dealkylation sites (tertiary alicyclic amines) is 1. The number of nitrogens with one attached hydrogen (secondary N) is 1. The van der Waals surface area contributed by atoms with Crippen LogP contribution in [0.15, 0.2) is 18.2 Å². The Balaban J connectivity index is 1.82. The SMILES string of the molecule is Cc1c(C(=O)NCCCN2C[C@H](C)C[C@@H](C)C2)cccc1[N+](=O)[O-]. The summed E-state index contributed by atoms with van der Waals surface area (Å²) in [7, 11) is 0. The van der Waals surface area contributed by atoms with Gasteiger partial charge in [-0.1, -0.05) is 19.9 Å². The average Bonchev–Trinajstić information content (AvgIpc) is 2.50. The standard InChI is InChI=1S/C18H27N3O3/c1-13-10-14(2)12-20(11-13)9-5-8-19-18(22)16-6-4-7-17(15(16)3)21(23)24/h4,6-7,13-14H,5,8-12H2,1-3H3,(H,19,22)/t13-,14-/m1/s1. The molecule has 6 nitrogen and oxygen atoms in total. The van der Waals surface area contributed by atoms with E-state index in [-0.39, 0.29) is 11.6 Å². The van der Waals surface area contributed by atoms with E-state index in [0.717, 1.165) is 37.9 Å². The Morgan fingerprint density at radius 2 is 2.00 bits per heavy atom. The van der Waals surface area contributed by atoms with Crippen molar-refractivity contribution in [2.45, 2.75) is 33.6 Å². The third-order valence-electron chi connectivity index (χ3n) is 4.63. The lowest BCUT2D eigenvalue weighted by atomic mass is 9.92. The first-order valence-corrected chi connectivity index (χ1v) is 8.63. The zero-order valence-corrected chi connectivity index (χ0v) is 14.7. The van der Waals surface area contributed by atoms with Crippen LogP contribution in [0.4, 0.5) is 5.69 Å². The van der Waals surface area contributed by atoms with Gasteiger partial charge in [-0.2, -0.15) is 0 Å². The summed E-state index contributed by atoms with van der Waals surface area (Å²) in [6.45, 7) is 10.0. The van der Waals surface area contributed by atoms with Crippen LogP contribution in [0, 0.1) is 28.9 Å². The lowest BCUT2D eigenvalue weighted by Gasteiger charge is -2.34. The van der Waals surface area contributed by atoms with Crippen LogP contribution in [0.1, 0.15) is 42.6 Å². The topological polar surface area (TPSA) is 75.5 Å². The van der Waals surface area contributed by atoms with E-state index in [1.807, 2.05) is 0 Å². The molecule has 0 saturated carbocycles. The van der Waals surface area contributed by atoms with Crippen molar-refractivity contribution in [1.29, 1.82) is 0 Å². The van der Waals surface area contributed by atoms with Crippen LogP contribution in [0.2, 0.25) is 0 Å². The second kappa shape index (κ2) is 8.24. The number of nitro groups is 1. The average molecular weight is 333 g/mol. The molecule has 0 radical (unpaired) electrons. The van der Waals surface area contributed by atoms with Gasteiger partial charge in [-0.05, 0) is 44.2 Å². The van der Waals surface area contributed by atoms with Crippen LogP contribution in [-0.4, -0.2) is 41.9 Å². The maximum absolute atomic E-state index is 12.2. The molecule has 0 aliphatic carbocycles. The molecule has 0 spiro atoms. The van der Waals surface area contributed by atoms with Gasteiger partial charge in [-0.3, -0.25) is 14.9 Å². The van der Waals surface area contributed by atoms with E-state index in [9.17, 15) is 14.9 Å². The first-order valence-electron chi connectivity index (χ1n) is 8.63. The highest BCUT2D eigenvalue weighted by Crippen LogP contribution is 2.22. The van der Waals surface area contributed by atoms with E-state index >= 15 is 0 Å². The van der Waals surface area contributed by atoms with Crippen molar-refractivity contribution in [3.63, 3.8) is 0 Å². The zero-order chi connectivity index (χ0) is 17.7. The number of hydrogen-bond donors (Lipinski definition) is 1. The number of carbonyl (C=O) groups excluding carboxylic acids is 1. The van der Waals surface area contributed by atoms with Crippen molar-refractivity contribution in [3.8, 4) is 0 Å². The van der Waals surface area contributed by atoms with E-state index in [2.05, 4.69) is 24.1 Å². The van der Waals surface area contributed by atoms with Gasteiger partial charge in [-0.15, -0.1) is 0 Å². The molecule has 1 heterocycles. The molecule has 132 valence electrons. The first kappa shape index (κ1) is 18.4. The molecule has 1 aromatic rings. The molecule has 1 aromatic carbocycles. The summed E-state index contributed by atoms with van der Waals surface area (Å²) < 4.78 is 0. The molecular formula is C18H27N3O3. The van der Waals surface area contributed by atoms with Crippen molar-refractivity contribution in [2.75, 3.05) is 26.2 Å². The number of hydrogen-bond acceptors (Lipinski definition) is 4.